The van der Waals surface area contributed by atoms with Crippen molar-refractivity contribution in [1.29, 1.82) is 0 Å². The average molecular weight is 246 g/mol. The van der Waals surface area contributed by atoms with Crippen LogP contribution in [0.4, 0.5) is 5.69 Å². The number of nitrogens with two attached hydrogens (primary N) is 1. The van der Waals surface area contributed by atoms with Gasteiger partial charge >= 0.3 is 0 Å². The van der Waals surface area contributed by atoms with Gasteiger partial charge in [0.25, 0.3) is 0 Å². The Morgan fingerprint density at radius 1 is 1.53 bits per heavy atom. The van der Waals surface area contributed by atoms with Crippen LogP contribution in [-0.2, 0) is 10.8 Å². The van der Waals surface area contributed by atoms with Gasteiger partial charge < -0.3 is 5.73 Å². The van der Waals surface area contributed by atoms with Crippen molar-refractivity contribution < 1.29 is 4.21 Å². The summed E-state index contributed by atoms with van der Waals surface area (Å²) in [6.07, 6.45) is 1.02. The highest BCUT2D eigenvalue weighted by atomic mass is 35.5. The van der Waals surface area contributed by atoms with E-state index in [1.165, 1.54) is 0 Å². The first kappa shape index (κ1) is 12.5. The molecule has 0 bridgehead atoms. The summed E-state index contributed by atoms with van der Waals surface area (Å²) >= 11 is 5.97. The summed E-state index contributed by atoms with van der Waals surface area (Å²) in [6.45, 7) is 4.17. The van der Waals surface area contributed by atoms with Crippen LogP contribution >= 0.6 is 11.6 Å². The molecule has 0 spiro atoms. The highest BCUT2D eigenvalue weighted by Crippen LogP contribution is 2.23. The zero-order chi connectivity index (χ0) is 11.4. The fourth-order valence-corrected chi connectivity index (χ4v) is 3.02. The fourth-order valence-electron chi connectivity index (χ4n) is 1.16. The van der Waals surface area contributed by atoms with E-state index in [0.29, 0.717) is 27.3 Å². The van der Waals surface area contributed by atoms with Crippen LogP contribution in [0.5, 0.6) is 0 Å². The molecule has 0 saturated heterocycles. The number of rotatable bonds is 4. The lowest BCUT2D eigenvalue weighted by molar-refractivity contribution is 0.615. The molecule has 1 aromatic rings. The van der Waals surface area contributed by atoms with Gasteiger partial charge in [-0.3, -0.25) is 4.21 Å². The fraction of sp³-hybridized carbons (Fsp3) is 0.455. The van der Waals surface area contributed by atoms with Crippen LogP contribution in [0.15, 0.2) is 23.1 Å². The Kier molecular flexibility index (Phi) is 4.61. The lowest BCUT2D eigenvalue weighted by atomic mass is 10.2. The molecule has 1 aromatic carbocycles. The van der Waals surface area contributed by atoms with Crippen molar-refractivity contribution in [3.63, 3.8) is 0 Å². The first-order chi connectivity index (χ1) is 7.04. The third kappa shape index (κ3) is 3.50. The standard InChI is InChI=1S/C11H16ClNOS/c1-3-8(2)7-15(14)11-6-9(13)4-5-10(11)12/h4-6,8H,3,7,13H2,1-2H3. The minimum Gasteiger partial charge on any atom is -0.399 e. The normalized spacial score (nSPS) is 14.9. The number of halogens is 1. The Bertz CT molecular complexity index is 368. The molecule has 84 valence electrons. The Hall–Kier alpha value is -0.540. The molecule has 0 aliphatic carbocycles. The lowest BCUT2D eigenvalue weighted by Crippen LogP contribution is -2.07. The van der Waals surface area contributed by atoms with E-state index in [1.807, 2.05) is 0 Å². The largest absolute Gasteiger partial charge is 0.399 e. The molecule has 0 radical (unpaired) electrons. The Morgan fingerprint density at radius 2 is 2.20 bits per heavy atom. The van der Waals surface area contributed by atoms with E-state index in [2.05, 4.69) is 13.8 Å². The maximum atomic E-state index is 12.0. The molecule has 2 atom stereocenters. The van der Waals surface area contributed by atoms with E-state index in [4.69, 9.17) is 17.3 Å². The van der Waals surface area contributed by atoms with E-state index in [1.54, 1.807) is 18.2 Å². The smallest absolute Gasteiger partial charge is 0.0594 e. The third-order valence-electron chi connectivity index (χ3n) is 2.33. The van der Waals surface area contributed by atoms with Gasteiger partial charge in [0, 0.05) is 11.4 Å². The topological polar surface area (TPSA) is 43.1 Å². The van der Waals surface area contributed by atoms with Gasteiger partial charge in [-0.15, -0.1) is 0 Å². The van der Waals surface area contributed by atoms with Crippen LogP contribution in [0.3, 0.4) is 0 Å². The molecular formula is C11H16ClNOS. The van der Waals surface area contributed by atoms with Crippen LogP contribution in [0, 0.1) is 5.92 Å². The van der Waals surface area contributed by atoms with Crippen molar-refractivity contribution in [3.8, 4) is 0 Å². The second-order valence-electron chi connectivity index (χ2n) is 3.72. The molecule has 2 nitrogen and oxygen atoms in total. The molecule has 2 N–H and O–H groups in total. The molecule has 15 heavy (non-hydrogen) atoms. The zero-order valence-electron chi connectivity index (χ0n) is 9.00. The zero-order valence-corrected chi connectivity index (χ0v) is 10.6. The van der Waals surface area contributed by atoms with Crippen molar-refractivity contribution in [2.75, 3.05) is 11.5 Å². The molecule has 0 fully saturated rings. The molecular weight excluding hydrogens is 230 g/mol. The number of anilines is 1. The van der Waals surface area contributed by atoms with E-state index in [9.17, 15) is 4.21 Å². The molecule has 0 aromatic heterocycles. The molecule has 0 heterocycles. The van der Waals surface area contributed by atoms with E-state index in [-0.39, 0.29) is 0 Å². The number of benzene rings is 1. The highest BCUT2D eigenvalue weighted by Gasteiger charge is 2.12. The van der Waals surface area contributed by atoms with Gasteiger partial charge in [-0.25, -0.2) is 0 Å². The molecule has 0 amide bonds. The van der Waals surface area contributed by atoms with Crippen LogP contribution < -0.4 is 5.73 Å². The predicted octanol–water partition coefficient (Wildman–Crippen LogP) is 3.08. The predicted molar refractivity (Wildman–Crippen MR) is 66.6 cm³/mol. The summed E-state index contributed by atoms with van der Waals surface area (Å²) < 4.78 is 12.0. The lowest BCUT2D eigenvalue weighted by Gasteiger charge is -2.09. The summed E-state index contributed by atoms with van der Waals surface area (Å²) in [5, 5.41) is 0.533. The third-order valence-corrected chi connectivity index (χ3v) is 4.48. The Morgan fingerprint density at radius 3 is 2.80 bits per heavy atom. The Labute approximate surface area is 98.3 Å². The van der Waals surface area contributed by atoms with Gasteiger partial charge in [0.05, 0.1) is 20.7 Å². The van der Waals surface area contributed by atoms with Gasteiger partial charge in [0.2, 0.25) is 0 Å². The highest BCUT2D eigenvalue weighted by molar-refractivity contribution is 7.85. The summed E-state index contributed by atoms with van der Waals surface area (Å²) in [7, 11) is -1.05. The summed E-state index contributed by atoms with van der Waals surface area (Å²) in [5.41, 5.74) is 6.24. The minimum absolute atomic E-state index is 0.434. The maximum absolute atomic E-state index is 12.0. The van der Waals surface area contributed by atoms with Gasteiger partial charge in [-0.05, 0) is 24.1 Å². The summed E-state index contributed by atoms with van der Waals surface area (Å²) in [5.74, 6) is 1.07. The van der Waals surface area contributed by atoms with Crippen molar-refractivity contribution in [2.24, 2.45) is 5.92 Å². The summed E-state index contributed by atoms with van der Waals surface area (Å²) in [4.78, 5) is 0.650. The van der Waals surface area contributed by atoms with Gasteiger partial charge in [-0.2, -0.15) is 0 Å². The summed E-state index contributed by atoms with van der Waals surface area (Å²) in [6, 6.07) is 5.11. The molecule has 0 aliphatic heterocycles. The number of nitrogen functional groups attached to an aromatic ring is 1. The first-order valence-corrected chi connectivity index (χ1v) is 6.67. The molecule has 0 aliphatic rings. The van der Waals surface area contributed by atoms with E-state index >= 15 is 0 Å². The molecule has 2 unspecified atom stereocenters. The van der Waals surface area contributed by atoms with Crippen molar-refractivity contribution in [3.05, 3.63) is 23.2 Å². The van der Waals surface area contributed by atoms with Crippen LogP contribution in [0.25, 0.3) is 0 Å². The van der Waals surface area contributed by atoms with E-state index < -0.39 is 10.8 Å². The van der Waals surface area contributed by atoms with Gasteiger partial charge in [-0.1, -0.05) is 31.9 Å². The quantitative estimate of drug-likeness (QED) is 0.829. The van der Waals surface area contributed by atoms with Crippen LogP contribution in [0.1, 0.15) is 20.3 Å². The molecule has 1 rings (SSSR count). The molecule has 0 saturated carbocycles. The maximum Gasteiger partial charge on any atom is 0.0594 e. The first-order valence-electron chi connectivity index (χ1n) is 4.98. The van der Waals surface area contributed by atoms with Crippen LogP contribution in [-0.4, -0.2) is 9.96 Å². The average Bonchev–Trinajstić information content (AvgIpc) is 2.21. The van der Waals surface area contributed by atoms with Gasteiger partial charge in [0.1, 0.15) is 0 Å². The van der Waals surface area contributed by atoms with Crippen molar-refractivity contribution in [2.45, 2.75) is 25.2 Å². The van der Waals surface area contributed by atoms with Crippen LogP contribution in [0.2, 0.25) is 5.02 Å². The number of hydrogen-bond acceptors (Lipinski definition) is 2. The Balaban J connectivity index is 2.86. The second-order valence-corrected chi connectivity index (χ2v) is 5.59. The monoisotopic (exact) mass is 245 g/mol. The molecule has 4 heteroatoms. The SMILES string of the molecule is CCC(C)CS(=O)c1cc(N)ccc1Cl. The van der Waals surface area contributed by atoms with Crippen molar-refractivity contribution >= 4 is 28.1 Å². The second kappa shape index (κ2) is 5.52. The number of hydrogen-bond donors (Lipinski definition) is 1. The minimum atomic E-state index is -1.05. The van der Waals surface area contributed by atoms with Gasteiger partial charge in [0.15, 0.2) is 0 Å². The van der Waals surface area contributed by atoms with Crippen molar-refractivity contribution in [1.82, 2.24) is 0 Å². The van der Waals surface area contributed by atoms with E-state index in [0.717, 1.165) is 6.42 Å².